The van der Waals surface area contributed by atoms with E-state index in [0.717, 1.165) is 35.6 Å². The molecule has 1 amide bonds. The Morgan fingerprint density at radius 3 is 2.56 bits per heavy atom. The first-order valence-electron chi connectivity index (χ1n) is 8.24. The first kappa shape index (κ1) is 18.5. The van der Waals surface area contributed by atoms with Gasteiger partial charge in [-0.3, -0.25) is 4.79 Å². The number of amides is 1. The molecule has 6 heteroatoms. The smallest absolute Gasteiger partial charge is 0.248 e. The molecule has 3 aromatic rings. The van der Waals surface area contributed by atoms with Crippen LogP contribution < -0.4 is 5.32 Å². The number of carbonyl (C=O) groups excluding carboxylic acids is 1. The van der Waals surface area contributed by atoms with Crippen LogP contribution in [0.2, 0.25) is 0 Å². The van der Waals surface area contributed by atoms with E-state index in [1.165, 1.54) is 6.07 Å². The maximum Gasteiger partial charge on any atom is 0.248 e. The summed E-state index contributed by atoms with van der Waals surface area (Å²) in [7, 11) is 0. The van der Waals surface area contributed by atoms with Crippen LogP contribution in [-0.2, 0) is 22.7 Å². The van der Waals surface area contributed by atoms with Gasteiger partial charge in [-0.15, -0.1) is 0 Å². The van der Waals surface area contributed by atoms with Crippen molar-refractivity contribution in [2.75, 3.05) is 5.32 Å². The van der Waals surface area contributed by atoms with Gasteiger partial charge in [0, 0.05) is 17.3 Å². The molecular formula is C21H17F2NO3. The zero-order valence-corrected chi connectivity index (χ0v) is 14.3. The summed E-state index contributed by atoms with van der Waals surface area (Å²) in [4.78, 5) is 12.0. The van der Waals surface area contributed by atoms with Crippen LogP contribution >= 0.6 is 0 Å². The lowest BCUT2D eigenvalue weighted by atomic mass is 10.2. The summed E-state index contributed by atoms with van der Waals surface area (Å²) in [5, 5.41) is 2.65. The summed E-state index contributed by atoms with van der Waals surface area (Å²) in [6.07, 6.45) is 3.77. The van der Waals surface area contributed by atoms with Crippen molar-refractivity contribution in [3.05, 3.63) is 95.5 Å². The number of hydrogen-bond acceptors (Lipinski definition) is 3. The minimum Gasteiger partial charge on any atom is -0.467 e. The molecular weight excluding hydrogens is 352 g/mol. The number of hydrogen-bond donors (Lipinski definition) is 1. The van der Waals surface area contributed by atoms with Gasteiger partial charge >= 0.3 is 0 Å². The molecule has 0 unspecified atom stereocenters. The van der Waals surface area contributed by atoms with Gasteiger partial charge in [0.25, 0.3) is 0 Å². The van der Waals surface area contributed by atoms with E-state index < -0.39 is 17.5 Å². The second-order valence-corrected chi connectivity index (χ2v) is 5.73. The standard InChI is InChI=1S/C21H17F2NO3/c22-19-7-2-8-20(23)18(19)9-10-21(25)24-16-5-1-4-15(12-16)13-26-14-17-6-3-11-27-17/h1-12H,13-14H2,(H,24,25). The number of ether oxygens (including phenoxy) is 1. The van der Waals surface area contributed by atoms with Gasteiger partial charge in [0.15, 0.2) is 0 Å². The van der Waals surface area contributed by atoms with Crippen molar-refractivity contribution in [3.8, 4) is 0 Å². The van der Waals surface area contributed by atoms with Crippen LogP contribution in [0.25, 0.3) is 6.08 Å². The normalized spacial score (nSPS) is 11.0. The lowest BCUT2D eigenvalue weighted by Crippen LogP contribution is -2.08. The number of halogens is 2. The third kappa shape index (κ3) is 5.36. The van der Waals surface area contributed by atoms with Crippen LogP contribution in [0.4, 0.5) is 14.5 Å². The molecule has 0 bridgehead atoms. The highest BCUT2D eigenvalue weighted by Gasteiger charge is 2.06. The molecule has 1 aromatic heterocycles. The molecule has 27 heavy (non-hydrogen) atoms. The Kier molecular flexibility index (Phi) is 6.12. The van der Waals surface area contributed by atoms with Crippen molar-refractivity contribution in [1.82, 2.24) is 0 Å². The van der Waals surface area contributed by atoms with Gasteiger partial charge < -0.3 is 14.5 Å². The van der Waals surface area contributed by atoms with Crippen LogP contribution in [0.5, 0.6) is 0 Å². The fraction of sp³-hybridized carbons (Fsp3) is 0.0952. The topological polar surface area (TPSA) is 51.5 Å². The first-order valence-corrected chi connectivity index (χ1v) is 8.24. The Morgan fingerprint density at radius 1 is 1.04 bits per heavy atom. The Labute approximate surface area is 155 Å². The minimum atomic E-state index is -0.727. The second kappa shape index (κ2) is 8.91. The third-order valence-electron chi connectivity index (χ3n) is 3.69. The predicted octanol–water partition coefficient (Wildman–Crippen LogP) is 4.93. The highest BCUT2D eigenvalue weighted by atomic mass is 19.1. The maximum absolute atomic E-state index is 13.6. The fourth-order valence-electron chi connectivity index (χ4n) is 2.42. The molecule has 0 saturated carbocycles. The van der Waals surface area contributed by atoms with E-state index in [9.17, 15) is 13.6 Å². The molecule has 0 radical (unpaired) electrons. The molecule has 0 aliphatic carbocycles. The highest BCUT2D eigenvalue weighted by Crippen LogP contribution is 2.15. The Bertz CT molecular complexity index is 916. The molecule has 0 aliphatic rings. The largest absolute Gasteiger partial charge is 0.467 e. The average Bonchev–Trinajstić information content (AvgIpc) is 3.15. The summed E-state index contributed by atoms with van der Waals surface area (Å²) in [5.41, 5.74) is 1.16. The molecule has 1 heterocycles. The lowest BCUT2D eigenvalue weighted by molar-refractivity contribution is -0.111. The van der Waals surface area contributed by atoms with E-state index in [4.69, 9.17) is 9.15 Å². The number of nitrogens with one attached hydrogen (secondary N) is 1. The van der Waals surface area contributed by atoms with Gasteiger partial charge in [-0.2, -0.15) is 0 Å². The SMILES string of the molecule is O=C(C=Cc1c(F)cccc1F)Nc1cccc(COCc2ccco2)c1. The van der Waals surface area contributed by atoms with Crippen molar-refractivity contribution < 1.29 is 22.7 Å². The van der Waals surface area contributed by atoms with Gasteiger partial charge in [0.1, 0.15) is 24.0 Å². The van der Waals surface area contributed by atoms with Gasteiger partial charge in [-0.25, -0.2) is 8.78 Å². The quantitative estimate of drug-likeness (QED) is 0.601. The Morgan fingerprint density at radius 2 is 1.81 bits per heavy atom. The lowest BCUT2D eigenvalue weighted by Gasteiger charge is -2.06. The van der Waals surface area contributed by atoms with Crippen molar-refractivity contribution in [1.29, 1.82) is 0 Å². The van der Waals surface area contributed by atoms with Crippen LogP contribution in [-0.4, -0.2) is 5.91 Å². The Balaban J connectivity index is 1.57. The van der Waals surface area contributed by atoms with Crippen LogP contribution in [0.3, 0.4) is 0 Å². The predicted molar refractivity (Wildman–Crippen MR) is 97.7 cm³/mol. The summed E-state index contributed by atoms with van der Waals surface area (Å²) >= 11 is 0. The van der Waals surface area contributed by atoms with Gasteiger partial charge in [-0.1, -0.05) is 18.2 Å². The maximum atomic E-state index is 13.6. The average molecular weight is 369 g/mol. The minimum absolute atomic E-state index is 0.257. The number of rotatable bonds is 7. The van der Waals surface area contributed by atoms with Crippen molar-refractivity contribution >= 4 is 17.7 Å². The number of carbonyl (C=O) groups is 1. The molecule has 3 rings (SSSR count). The molecule has 4 nitrogen and oxygen atoms in total. The monoisotopic (exact) mass is 369 g/mol. The summed E-state index contributed by atoms with van der Waals surface area (Å²) in [6, 6.07) is 14.3. The molecule has 138 valence electrons. The van der Waals surface area contributed by atoms with Gasteiger partial charge in [0.05, 0.1) is 12.9 Å². The van der Waals surface area contributed by atoms with Crippen LogP contribution in [0.15, 0.2) is 71.4 Å². The van der Waals surface area contributed by atoms with Crippen molar-refractivity contribution in [2.24, 2.45) is 0 Å². The number of anilines is 1. The molecule has 0 atom stereocenters. The van der Waals surface area contributed by atoms with E-state index in [1.807, 2.05) is 12.1 Å². The molecule has 2 aromatic carbocycles. The first-order chi connectivity index (χ1) is 13.1. The van der Waals surface area contributed by atoms with Gasteiger partial charge in [-0.05, 0) is 48.0 Å². The highest BCUT2D eigenvalue weighted by molar-refractivity contribution is 6.01. The van der Waals surface area contributed by atoms with Crippen LogP contribution in [0.1, 0.15) is 16.9 Å². The van der Waals surface area contributed by atoms with Crippen molar-refractivity contribution in [2.45, 2.75) is 13.2 Å². The molecule has 1 N–H and O–H groups in total. The molecule has 0 saturated heterocycles. The summed E-state index contributed by atoms with van der Waals surface area (Å²) < 4.78 is 37.9. The molecule has 0 fully saturated rings. The Hall–Kier alpha value is -3.25. The molecule has 0 spiro atoms. The van der Waals surface area contributed by atoms with Crippen LogP contribution in [0, 0.1) is 11.6 Å². The number of furan rings is 1. The molecule has 0 aliphatic heterocycles. The van der Waals surface area contributed by atoms with E-state index in [0.29, 0.717) is 18.9 Å². The van der Waals surface area contributed by atoms with E-state index in [1.54, 1.807) is 30.5 Å². The third-order valence-corrected chi connectivity index (χ3v) is 3.69. The summed E-state index contributed by atoms with van der Waals surface area (Å²) in [6.45, 7) is 0.696. The van der Waals surface area contributed by atoms with E-state index >= 15 is 0 Å². The van der Waals surface area contributed by atoms with E-state index in [-0.39, 0.29) is 5.56 Å². The van der Waals surface area contributed by atoms with Crippen molar-refractivity contribution in [3.63, 3.8) is 0 Å². The summed E-state index contributed by atoms with van der Waals surface area (Å²) in [5.74, 6) is -1.22. The van der Waals surface area contributed by atoms with Gasteiger partial charge in [0.2, 0.25) is 5.91 Å². The second-order valence-electron chi connectivity index (χ2n) is 5.73. The van der Waals surface area contributed by atoms with E-state index in [2.05, 4.69) is 5.32 Å². The number of benzene rings is 2. The zero-order valence-electron chi connectivity index (χ0n) is 14.3. The zero-order chi connectivity index (χ0) is 19.1. The fourth-order valence-corrected chi connectivity index (χ4v) is 2.42.